The molecule has 0 atom stereocenters. The van der Waals surface area contributed by atoms with Crippen LogP contribution in [0.5, 0.6) is 0 Å². The fourth-order valence-electron chi connectivity index (χ4n) is 1.70. The first-order chi connectivity index (χ1) is 9.65. The Morgan fingerprint density at radius 2 is 1.67 bits per heavy atom. The number of aliphatic imine (C=N–C) groups is 1. The van der Waals surface area contributed by atoms with Gasteiger partial charge in [0.2, 0.25) is 5.91 Å². The molecule has 1 amide bonds. The van der Waals surface area contributed by atoms with Crippen LogP contribution in [-0.2, 0) is 4.79 Å². The van der Waals surface area contributed by atoms with Crippen LogP contribution in [0, 0.1) is 0 Å². The van der Waals surface area contributed by atoms with Gasteiger partial charge in [-0.1, -0.05) is 13.8 Å². The summed E-state index contributed by atoms with van der Waals surface area (Å²) in [6.07, 6.45) is 1.33. The molecule has 0 saturated heterocycles. The molecule has 0 fully saturated rings. The van der Waals surface area contributed by atoms with Crippen LogP contribution < -0.4 is 16.0 Å². The summed E-state index contributed by atoms with van der Waals surface area (Å²) in [7, 11) is 0. The number of nitrogens with zero attached hydrogens (tertiary/aromatic N) is 1. The monoisotopic (exact) mass is 300 g/mol. The van der Waals surface area contributed by atoms with Crippen molar-refractivity contribution in [2.24, 2.45) is 4.99 Å². The van der Waals surface area contributed by atoms with Gasteiger partial charge < -0.3 is 21.1 Å². The Bertz CT molecular complexity index is 344. The molecular formula is C15H32N4O2. The van der Waals surface area contributed by atoms with Crippen LogP contribution >= 0.6 is 0 Å². The molecule has 0 aromatic rings. The summed E-state index contributed by atoms with van der Waals surface area (Å²) in [4.78, 5) is 16.0. The van der Waals surface area contributed by atoms with Gasteiger partial charge in [-0.05, 0) is 40.5 Å². The lowest BCUT2D eigenvalue weighted by atomic mass is 9.98. The number of aliphatic hydroxyl groups is 1. The fraction of sp³-hybridized carbons (Fsp3) is 0.867. The molecule has 6 nitrogen and oxygen atoms in total. The van der Waals surface area contributed by atoms with E-state index in [0.29, 0.717) is 31.9 Å². The summed E-state index contributed by atoms with van der Waals surface area (Å²) < 4.78 is 0. The van der Waals surface area contributed by atoms with Gasteiger partial charge in [0.25, 0.3) is 0 Å². The van der Waals surface area contributed by atoms with Crippen LogP contribution in [0.25, 0.3) is 0 Å². The van der Waals surface area contributed by atoms with E-state index < -0.39 is 5.60 Å². The fourth-order valence-corrected chi connectivity index (χ4v) is 1.70. The summed E-state index contributed by atoms with van der Waals surface area (Å²) in [5.41, 5.74) is -1.01. The number of rotatable bonds is 7. The number of carbonyl (C=O) groups excluding carboxylic acids is 1. The molecule has 4 N–H and O–H groups in total. The van der Waals surface area contributed by atoms with Crippen molar-refractivity contribution >= 4 is 11.9 Å². The van der Waals surface area contributed by atoms with E-state index in [4.69, 9.17) is 0 Å². The Hall–Kier alpha value is -1.30. The Kier molecular flexibility index (Phi) is 8.32. The molecule has 0 unspecified atom stereocenters. The first kappa shape index (κ1) is 19.7. The Balaban J connectivity index is 4.53. The Morgan fingerprint density at radius 1 is 1.10 bits per heavy atom. The Labute approximate surface area is 128 Å². The average Bonchev–Trinajstić information content (AvgIpc) is 2.39. The van der Waals surface area contributed by atoms with Crippen LogP contribution in [-0.4, -0.2) is 47.7 Å². The predicted molar refractivity (Wildman–Crippen MR) is 87.4 cm³/mol. The van der Waals surface area contributed by atoms with Gasteiger partial charge in [-0.25, -0.2) is 4.99 Å². The molecule has 0 aliphatic carbocycles. The minimum Gasteiger partial charge on any atom is -0.388 e. The van der Waals surface area contributed by atoms with Crippen LogP contribution in [0.15, 0.2) is 4.99 Å². The van der Waals surface area contributed by atoms with Gasteiger partial charge in [-0.2, -0.15) is 0 Å². The normalized spacial score (nSPS) is 13.0. The second-order valence-corrected chi connectivity index (χ2v) is 6.28. The molecular weight excluding hydrogens is 268 g/mol. The highest BCUT2D eigenvalue weighted by atomic mass is 16.3. The van der Waals surface area contributed by atoms with E-state index in [1.54, 1.807) is 0 Å². The maximum Gasteiger partial charge on any atom is 0.242 e. The van der Waals surface area contributed by atoms with Gasteiger partial charge in [-0.3, -0.25) is 4.79 Å². The van der Waals surface area contributed by atoms with E-state index in [-0.39, 0.29) is 18.0 Å². The van der Waals surface area contributed by atoms with Gasteiger partial charge in [0, 0.05) is 18.6 Å². The predicted octanol–water partition coefficient (Wildman–Crippen LogP) is 1.01. The topological polar surface area (TPSA) is 85.8 Å². The van der Waals surface area contributed by atoms with Crippen LogP contribution in [0.2, 0.25) is 0 Å². The minimum absolute atomic E-state index is 0.0588. The van der Waals surface area contributed by atoms with Crippen molar-refractivity contribution in [3.05, 3.63) is 0 Å². The third-order valence-corrected chi connectivity index (χ3v) is 3.14. The molecule has 0 saturated carbocycles. The lowest BCUT2D eigenvalue weighted by Crippen LogP contribution is -2.47. The summed E-state index contributed by atoms with van der Waals surface area (Å²) >= 11 is 0. The minimum atomic E-state index is -0.746. The lowest BCUT2D eigenvalue weighted by molar-refractivity contribution is -0.121. The zero-order chi connectivity index (χ0) is 16.5. The van der Waals surface area contributed by atoms with Crippen molar-refractivity contribution in [3.8, 4) is 0 Å². The molecule has 0 radical (unpaired) electrons. The van der Waals surface area contributed by atoms with Gasteiger partial charge in [-0.15, -0.1) is 0 Å². The molecule has 0 heterocycles. The number of nitrogens with one attached hydrogen (secondary N) is 3. The quantitative estimate of drug-likeness (QED) is 0.417. The number of hydrogen-bond donors (Lipinski definition) is 4. The summed E-state index contributed by atoms with van der Waals surface area (Å²) in [6.45, 7) is 12.8. The van der Waals surface area contributed by atoms with Crippen molar-refractivity contribution in [2.75, 3.05) is 19.6 Å². The SMILES string of the molecule is CCNC(=NCC(=O)NC(C)(C)C)NCC(O)(CC)CC. The third-order valence-electron chi connectivity index (χ3n) is 3.14. The first-order valence-corrected chi connectivity index (χ1v) is 7.71. The molecule has 0 aromatic heterocycles. The van der Waals surface area contributed by atoms with E-state index in [1.165, 1.54) is 0 Å². The van der Waals surface area contributed by atoms with Crippen molar-refractivity contribution in [2.45, 2.75) is 65.5 Å². The van der Waals surface area contributed by atoms with Crippen LogP contribution in [0.4, 0.5) is 0 Å². The maximum absolute atomic E-state index is 11.8. The first-order valence-electron chi connectivity index (χ1n) is 7.71. The molecule has 0 rings (SSSR count). The highest BCUT2D eigenvalue weighted by Gasteiger charge is 2.22. The van der Waals surface area contributed by atoms with Gasteiger partial charge in [0.05, 0.1) is 5.60 Å². The van der Waals surface area contributed by atoms with Gasteiger partial charge >= 0.3 is 0 Å². The highest BCUT2D eigenvalue weighted by molar-refractivity contribution is 5.85. The van der Waals surface area contributed by atoms with Crippen LogP contribution in [0.3, 0.4) is 0 Å². The van der Waals surface area contributed by atoms with E-state index in [0.717, 1.165) is 0 Å². The second kappa shape index (κ2) is 8.87. The molecule has 0 aliphatic heterocycles. The summed E-state index contributed by atoms with van der Waals surface area (Å²) in [5, 5.41) is 19.3. The zero-order valence-electron chi connectivity index (χ0n) is 14.3. The molecule has 21 heavy (non-hydrogen) atoms. The van der Waals surface area contributed by atoms with E-state index in [9.17, 15) is 9.90 Å². The van der Waals surface area contributed by atoms with E-state index in [1.807, 2.05) is 41.5 Å². The third kappa shape index (κ3) is 9.28. The molecule has 0 aromatic carbocycles. The van der Waals surface area contributed by atoms with Gasteiger partial charge in [0.1, 0.15) is 6.54 Å². The number of carbonyl (C=O) groups is 1. The van der Waals surface area contributed by atoms with Crippen molar-refractivity contribution in [1.82, 2.24) is 16.0 Å². The average molecular weight is 300 g/mol. The number of hydrogen-bond acceptors (Lipinski definition) is 3. The lowest BCUT2D eigenvalue weighted by Gasteiger charge is -2.26. The molecule has 6 heteroatoms. The largest absolute Gasteiger partial charge is 0.388 e. The van der Waals surface area contributed by atoms with Crippen LogP contribution in [0.1, 0.15) is 54.4 Å². The molecule has 124 valence electrons. The van der Waals surface area contributed by atoms with E-state index >= 15 is 0 Å². The smallest absolute Gasteiger partial charge is 0.242 e. The molecule has 0 aliphatic rings. The number of guanidine groups is 1. The van der Waals surface area contributed by atoms with Crippen molar-refractivity contribution in [1.29, 1.82) is 0 Å². The molecule has 0 spiro atoms. The Morgan fingerprint density at radius 3 is 2.10 bits per heavy atom. The van der Waals surface area contributed by atoms with E-state index in [2.05, 4.69) is 20.9 Å². The second-order valence-electron chi connectivity index (χ2n) is 6.28. The highest BCUT2D eigenvalue weighted by Crippen LogP contribution is 2.12. The van der Waals surface area contributed by atoms with Crippen molar-refractivity contribution in [3.63, 3.8) is 0 Å². The maximum atomic E-state index is 11.8. The van der Waals surface area contributed by atoms with Gasteiger partial charge in [0.15, 0.2) is 5.96 Å². The summed E-state index contributed by atoms with van der Waals surface area (Å²) in [5.74, 6) is 0.419. The zero-order valence-corrected chi connectivity index (χ0v) is 14.3. The van der Waals surface area contributed by atoms with Crippen molar-refractivity contribution < 1.29 is 9.90 Å². The number of amides is 1. The molecule has 0 bridgehead atoms. The standard InChI is InChI=1S/C15H32N4O2/c1-7-15(21,8-2)11-18-13(16-9-3)17-10-12(20)19-14(4,5)6/h21H,7-11H2,1-6H3,(H,19,20)(H2,16,17,18). The summed E-state index contributed by atoms with van der Waals surface area (Å²) in [6, 6.07) is 0.